The third-order valence-corrected chi connectivity index (χ3v) is 4.66. The van der Waals surface area contributed by atoms with E-state index >= 15 is 0 Å². The minimum absolute atomic E-state index is 0.163. The standard InChI is InChI=1S/C23H24N2O4/c1-3-4-9-21(26)20(22(23(27)28)25-29-2)14-16-10-12-17(13-11-16)19-8-6-5-7-18(19)15-24/h5-8,10-13,20H,3-4,9,14H2,1-2H3,(H,27,28). The van der Waals surface area contributed by atoms with Crippen LogP contribution in [0.15, 0.2) is 53.7 Å². The highest BCUT2D eigenvalue weighted by Gasteiger charge is 2.30. The summed E-state index contributed by atoms with van der Waals surface area (Å²) in [6.07, 6.45) is 2.05. The van der Waals surface area contributed by atoms with E-state index in [-0.39, 0.29) is 17.9 Å². The lowest BCUT2D eigenvalue weighted by molar-refractivity contribution is -0.131. The van der Waals surface area contributed by atoms with Gasteiger partial charge in [0.25, 0.3) is 0 Å². The molecule has 0 bridgehead atoms. The van der Waals surface area contributed by atoms with Gasteiger partial charge in [0.05, 0.1) is 17.6 Å². The van der Waals surface area contributed by atoms with Crippen LogP contribution in [0.2, 0.25) is 0 Å². The summed E-state index contributed by atoms with van der Waals surface area (Å²) in [5.74, 6) is -2.30. The Hall–Kier alpha value is -3.46. The molecule has 6 heteroatoms. The van der Waals surface area contributed by atoms with E-state index in [0.717, 1.165) is 23.1 Å². The topological polar surface area (TPSA) is 99.8 Å². The minimum atomic E-state index is -1.26. The van der Waals surface area contributed by atoms with Crippen molar-refractivity contribution in [2.45, 2.75) is 32.6 Å². The van der Waals surface area contributed by atoms with Gasteiger partial charge in [-0.2, -0.15) is 5.26 Å². The van der Waals surface area contributed by atoms with Crippen LogP contribution < -0.4 is 0 Å². The second-order valence-corrected chi connectivity index (χ2v) is 6.65. The van der Waals surface area contributed by atoms with E-state index in [1.807, 2.05) is 49.4 Å². The van der Waals surface area contributed by atoms with E-state index in [1.54, 1.807) is 6.07 Å². The Kier molecular flexibility index (Phi) is 8.11. The number of unbranched alkanes of at least 4 members (excludes halogenated alkanes) is 1. The van der Waals surface area contributed by atoms with Crippen LogP contribution in [0.25, 0.3) is 11.1 Å². The van der Waals surface area contributed by atoms with E-state index in [9.17, 15) is 20.0 Å². The Morgan fingerprint density at radius 2 is 1.86 bits per heavy atom. The zero-order valence-electron chi connectivity index (χ0n) is 16.6. The molecule has 0 aliphatic heterocycles. The van der Waals surface area contributed by atoms with E-state index in [4.69, 9.17) is 0 Å². The predicted molar refractivity (Wildman–Crippen MR) is 110 cm³/mol. The molecule has 1 atom stereocenters. The van der Waals surface area contributed by atoms with Gasteiger partial charge in [0.15, 0.2) is 5.71 Å². The van der Waals surface area contributed by atoms with E-state index in [0.29, 0.717) is 18.4 Å². The number of rotatable bonds is 10. The molecule has 0 radical (unpaired) electrons. The number of carbonyl (C=O) groups is 2. The molecule has 0 fully saturated rings. The van der Waals surface area contributed by atoms with Gasteiger partial charge in [0.2, 0.25) is 0 Å². The average molecular weight is 392 g/mol. The van der Waals surface area contributed by atoms with Crippen LogP contribution in [-0.2, 0) is 20.8 Å². The molecular weight excluding hydrogens is 368 g/mol. The van der Waals surface area contributed by atoms with Gasteiger partial charge < -0.3 is 9.94 Å². The van der Waals surface area contributed by atoms with Crippen LogP contribution in [0.1, 0.15) is 37.3 Å². The van der Waals surface area contributed by atoms with Gasteiger partial charge in [-0.15, -0.1) is 0 Å². The summed E-state index contributed by atoms with van der Waals surface area (Å²) >= 11 is 0. The first kappa shape index (κ1) is 21.8. The summed E-state index contributed by atoms with van der Waals surface area (Å²) in [5, 5.41) is 22.4. The van der Waals surface area contributed by atoms with Crippen LogP contribution in [0, 0.1) is 17.2 Å². The van der Waals surface area contributed by atoms with Crippen molar-refractivity contribution in [2.24, 2.45) is 11.1 Å². The summed E-state index contributed by atoms with van der Waals surface area (Å²) in [5.41, 5.74) is 2.80. The van der Waals surface area contributed by atoms with Crippen molar-refractivity contribution in [3.05, 3.63) is 59.7 Å². The molecule has 2 aromatic rings. The molecule has 150 valence electrons. The number of carboxylic acids is 1. The average Bonchev–Trinajstić information content (AvgIpc) is 2.74. The second-order valence-electron chi connectivity index (χ2n) is 6.65. The lowest BCUT2D eigenvalue weighted by Gasteiger charge is -2.16. The molecule has 1 N–H and O–H groups in total. The van der Waals surface area contributed by atoms with Crippen LogP contribution in [0.3, 0.4) is 0 Å². The Morgan fingerprint density at radius 1 is 1.17 bits per heavy atom. The Morgan fingerprint density at radius 3 is 2.45 bits per heavy atom. The van der Waals surface area contributed by atoms with Crippen molar-refractivity contribution in [1.82, 2.24) is 0 Å². The third kappa shape index (κ3) is 5.76. The van der Waals surface area contributed by atoms with Crippen molar-refractivity contribution in [3.8, 4) is 17.2 Å². The van der Waals surface area contributed by atoms with Crippen LogP contribution in [0.4, 0.5) is 0 Å². The summed E-state index contributed by atoms with van der Waals surface area (Å²) in [6.45, 7) is 1.97. The second kappa shape index (κ2) is 10.8. The summed E-state index contributed by atoms with van der Waals surface area (Å²) < 4.78 is 0. The normalized spacial score (nSPS) is 12.1. The number of oxime groups is 1. The lowest BCUT2D eigenvalue weighted by Crippen LogP contribution is -2.32. The van der Waals surface area contributed by atoms with E-state index < -0.39 is 11.9 Å². The van der Waals surface area contributed by atoms with Crippen molar-refractivity contribution in [2.75, 3.05) is 7.11 Å². The lowest BCUT2D eigenvalue weighted by atomic mass is 9.87. The number of Topliss-reactive ketones (excluding diaryl/α,β-unsaturated/α-hetero) is 1. The molecule has 0 aliphatic carbocycles. The number of aliphatic carboxylic acids is 1. The highest BCUT2D eigenvalue weighted by molar-refractivity contribution is 6.40. The van der Waals surface area contributed by atoms with Crippen molar-refractivity contribution < 1.29 is 19.5 Å². The van der Waals surface area contributed by atoms with Crippen LogP contribution in [0.5, 0.6) is 0 Å². The number of ketones is 1. The molecular formula is C23H24N2O4. The quantitative estimate of drug-likeness (QED) is 0.482. The number of hydrogen-bond donors (Lipinski definition) is 1. The highest BCUT2D eigenvalue weighted by Crippen LogP contribution is 2.25. The molecule has 1 unspecified atom stereocenters. The molecule has 6 nitrogen and oxygen atoms in total. The van der Waals surface area contributed by atoms with E-state index in [1.165, 1.54) is 7.11 Å². The number of carbonyl (C=O) groups excluding carboxylic acids is 1. The highest BCUT2D eigenvalue weighted by atomic mass is 16.6. The first-order valence-corrected chi connectivity index (χ1v) is 9.47. The monoisotopic (exact) mass is 392 g/mol. The SMILES string of the molecule is CCCCC(=O)C(Cc1ccc(-c2ccccc2C#N)cc1)C(=NOC)C(=O)O. The fourth-order valence-electron chi connectivity index (χ4n) is 3.13. The molecule has 0 aromatic heterocycles. The maximum atomic E-state index is 12.7. The zero-order valence-corrected chi connectivity index (χ0v) is 16.6. The largest absolute Gasteiger partial charge is 0.477 e. The van der Waals surface area contributed by atoms with Crippen molar-refractivity contribution >= 4 is 17.5 Å². The maximum Gasteiger partial charge on any atom is 0.354 e. The van der Waals surface area contributed by atoms with Gasteiger partial charge in [-0.25, -0.2) is 4.79 Å². The Balaban J connectivity index is 2.31. The van der Waals surface area contributed by atoms with Gasteiger partial charge in [0, 0.05) is 6.42 Å². The molecule has 0 saturated carbocycles. The van der Waals surface area contributed by atoms with Gasteiger partial charge in [-0.1, -0.05) is 61.0 Å². The maximum absolute atomic E-state index is 12.7. The van der Waals surface area contributed by atoms with E-state index in [2.05, 4.69) is 16.1 Å². The number of hydrogen-bond acceptors (Lipinski definition) is 5. The van der Waals surface area contributed by atoms with Crippen LogP contribution in [-0.4, -0.2) is 29.7 Å². The van der Waals surface area contributed by atoms with Gasteiger partial charge in [-0.3, -0.25) is 4.79 Å². The first-order chi connectivity index (χ1) is 14.0. The molecule has 2 aromatic carbocycles. The zero-order chi connectivity index (χ0) is 21.2. The number of carboxylic acid groups (broad SMARTS) is 1. The molecule has 2 rings (SSSR count). The molecule has 0 saturated heterocycles. The molecule has 29 heavy (non-hydrogen) atoms. The molecule has 0 amide bonds. The number of nitrogens with zero attached hydrogens (tertiary/aromatic N) is 2. The van der Waals surface area contributed by atoms with Gasteiger partial charge >= 0.3 is 5.97 Å². The Bertz CT molecular complexity index is 927. The van der Waals surface area contributed by atoms with Crippen LogP contribution >= 0.6 is 0 Å². The molecule has 0 aliphatic rings. The molecule has 0 heterocycles. The third-order valence-electron chi connectivity index (χ3n) is 4.66. The molecule has 0 spiro atoms. The first-order valence-electron chi connectivity index (χ1n) is 9.47. The van der Waals surface area contributed by atoms with Crippen molar-refractivity contribution in [3.63, 3.8) is 0 Å². The number of benzene rings is 2. The fraction of sp³-hybridized carbons (Fsp3) is 0.304. The minimum Gasteiger partial charge on any atom is -0.477 e. The predicted octanol–water partition coefficient (Wildman–Crippen LogP) is 4.23. The summed E-state index contributed by atoms with van der Waals surface area (Å²) in [6, 6.07) is 16.9. The van der Waals surface area contributed by atoms with Crippen molar-refractivity contribution in [1.29, 1.82) is 5.26 Å². The fourth-order valence-corrected chi connectivity index (χ4v) is 3.13. The summed E-state index contributed by atoms with van der Waals surface area (Å²) in [4.78, 5) is 28.9. The summed E-state index contributed by atoms with van der Waals surface area (Å²) in [7, 11) is 1.26. The van der Waals surface area contributed by atoms with Gasteiger partial charge in [0.1, 0.15) is 12.9 Å². The smallest absolute Gasteiger partial charge is 0.354 e. The Labute approximate surface area is 170 Å². The van der Waals surface area contributed by atoms with Gasteiger partial charge in [-0.05, 0) is 35.6 Å². The number of nitriles is 1.